The molecule has 1 unspecified atom stereocenters. The highest BCUT2D eigenvalue weighted by atomic mass is 79.9. The van der Waals surface area contributed by atoms with Gasteiger partial charge in [0.2, 0.25) is 0 Å². The Morgan fingerprint density at radius 3 is 2.75 bits per heavy atom. The van der Waals surface area contributed by atoms with E-state index in [1.807, 2.05) is 19.1 Å². The van der Waals surface area contributed by atoms with E-state index in [1.54, 1.807) is 11.3 Å². The molecule has 0 saturated heterocycles. The molecule has 20 heavy (non-hydrogen) atoms. The van der Waals surface area contributed by atoms with Gasteiger partial charge in [0.05, 0.1) is 10.2 Å². The molecule has 3 N–H and O–H groups in total. The number of hydrogen-bond donors (Lipinski definition) is 3. The van der Waals surface area contributed by atoms with E-state index >= 15 is 0 Å². The third-order valence-corrected chi connectivity index (χ3v) is 4.36. The number of thiophene rings is 1. The molecule has 5 nitrogen and oxygen atoms in total. The first kappa shape index (κ1) is 17.0. The first-order valence-electron chi connectivity index (χ1n) is 6.51. The van der Waals surface area contributed by atoms with Crippen LogP contribution in [0.25, 0.3) is 0 Å². The minimum absolute atomic E-state index is 0.0425. The lowest BCUT2D eigenvalue weighted by atomic mass is 10.1. The van der Waals surface area contributed by atoms with Gasteiger partial charge >= 0.3 is 12.0 Å². The summed E-state index contributed by atoms with van der Waals surface area (Å²) < 4.78 is 1.07. The number of halogens is 1. The average Bonchev–Trinajstić information content (AvgIpc) is 2.74. The quantitative estimate of drug-likeness (QED) is 0.664. The molecule has 112 valence electrons. The zero-order chi connectivity index (χ0) is 15.0. The Kier molecular flexibility index (Phi) is 7.61. The standard InChI is InChI=1S/C13H19BrN2O3S/c1-2-3-9(8-12(17)18)16-13(19)15-7-6-10-4-5-11(14)20-10/h4-5,9H,2-3,6-8H2,1H3,(H,17,18)(H2,15,16,19). The van der Waals surface area contributed by atoms with E-state index in [4.69, 9.17) is 5.11 Å². The summed E-state index contributed by atoms with van der Waals surface area (Å²) in [6.07, 6.45) is 2.22. The van der Waals surface area contributed by atoms with Crippen LogP contribution in [0.1, 0.15) is 31.1 Å². The summed E-state index contributed by atoms with van der Waals surface area (Å²) in [4.78, 5) is 23.6. The van der Waals surface area contributed by atoms with Crippen molar-refractivity contribution in [1.82, 2.24) is 10.6 Å². The van der Waals surface area contributed by atoms with Gasteiger partial charge < -0.3 is 15.7 Å². The van der Waals surface area contributed by atoms with Crippen molar-refractivity contribution in [3.63, 3.8) is 0 Å². The van der Waals surface area contributed by atoms with Crippen molar-refractivity contribution in [2.24, 2.45) is 0 Å². The van der Waals surface area contributed by atoms with Gasteiger partial charge in [0.1, 0.15) is 0 Å². The van der Waals surface area contributed by atoms with Crippen molar-refractivity contribution in [1.29, 1.82) is 0 Å². The van der Waals surface area contributed by atoms with E-state index < -0.39 is 5.97 Å². The summed E-state index contributed by atoms with van der Waals surface area (Å²) >= 11 is 5.03. The van der Waals surface area contributed by atoms with Gasteiger partial charge in [0.15, 0.2) is 0 Å². The number of aliphatic carboxylic acids is 1. The van der Waals surface area contributed by atoms with Gasteiger partial charge in [0.25, 0.3) is 0 Å². The van der Waals surface area contributed by atoms with Crippen molar-refractivity contribution in [3.8, 4) is 0 Å². The van der Waals surface area contributed by atoms with Gasteiger partial charge in [-0.3, -0.25) is 4.79 Å². The molecule has 0 spiro atoms. The first-order chi connectivity index (χ1) is 9.51. The molecule has 0 aliphatic rings. The van der Waals surface area contributed by atoms with Crippen molar-refractivity contribution in [3.05, 3.63) is 20.8 Å². The summed E-state index contributed by atoms with van der Waals surface area (Å²) in [5.74, 6) is -0.896. The summed E-state index contributed by atoms with van der Waals surface area (Å²) in [6.45, 7) is 2.49. The highest BCUT2D eigenvalue weighted by Gasteiger charge is 2.14. The van der Waals surface area contributed by atoms with Crippen LogP contribution < -0.4 is 10.6 Å². The van der Waals surface area contributed by atoms with E-state index in [0.717, 1.165) is 16.6 Å². The average molecular weight is 363 g/mol. The zero-order valence-electron chi connectivity index (χ0n) is 11.3. The number of carbonyl (C=O) groups is 2. The maximum atomic E-state index is 11.7. The Morgan fingerprint density at radius 2 is 2.20 bits per heavy atom. The van der Waals surface area contributed by atoms with Crippen LogP contribution in [0.4, 0.5) is 4.79 Å². The number of nitrogens with one attached hydrogen (secondary N) is 2. The largest absolute Gasteiger partial charge is 0.481 e. The molecule has 0 bridgehead atoms. The second-order valence-corrected chi connectivity index (χ2v) is 6.99. The van der Waals surface area contributed by atoms with Crippen LogP contribution >= 0.6 is 27.3 Å². The van der Waals surface area contributed by atoms with Gasteiger partial charge in [-0.15, -0.1) is 11.3 Å². The van der Waals surface area contributed by atoms with Gasteiger partial charge in [-0.2, -0.15) is 0 Å². The summed E-state index contributed by atoms with van der Waals surface area (Å²) in [7, 11) is 0. The Balaban J connectivity index is 2.28. The van der Waals surface area contributed by atoms with Crippen LogP contribution in [-0.4, -0.2) is 29.7 Å². The molecule has 7 heteroatoms. The molecule has 2 amide bonds. The smallest absolute Gasteiger partial charge is 0.315 e. The number of carbonyl (C=O) groups excluding carboxylic acids is 1. The van der Waals surface area contributed by atoms with E-state index in [0.29, 0.717) is 13.0 Å². The predicted octanol–water partition coefficient (Wildman–Crippen LogP) is 3.00. The lowest BCUT2D eigenvalue weighted by Gasteiger charge is -2.16. The van der Waals surface area contributed by atoms with Crippen LogP contribution in [0.2, 0.25) is 0 Å². The molecule has 0 aromatic carbocycles. The highest BCUT2D eigenvalue weighted by molar-refractivity contribution is 9.11. The van der Waals surface area contributed by atoms with Gasteiger partial charge in [-0.05, 0) is 40.9 Å². The van der Waals surface area contributed by atoms with E-state index in [1.165, 1.54) is 4.88 Å². The molecule has 1 atom stereocenters. The van der Waals surface area contributed by atoms with Crippen molar-refractivity contribution in [2.75, 3.05) is 6.54 Å². The van der Waals surface area contributed by atoms with Crippen molar-refractivity contribution in [2.45, 2.75) is 38.6 Å². The molecule has 0 radical (unpaired) electrons. The zero-order valence-corrected chi connectivity index (χ0v) is 13.7. The minimum atomic E-state index is -0.896. The van der Waals surface area contributed by atoms with Crippen LogP contribution in [0.5, 0.6) is 0 Å². The molecule has 0 aliphatic carbocycles. The van der Waals surface area contributed by atoms with Crippen LogP contribution in [0.15, 0.2) is 15.9 Å². The fourth-order valence-corrected chi connectivity index (χ4v) is 3.29. The second-order valence-electron chi connectivity index (χ2n) is 4.44. The number of amides is 2. The van der Waals surface area contributed by atoms with Crippen molar-refractivity contribution < 1.29 is 14.7 Å². The molecular formula is C13H19BrN2O3S. The Hall–Kier alpha value is -1.08. The predicted molar refractivity (Wildman–Crippen MR) is 83.2 cm³/mol. The molecule has 1 rings (SSSR count). The van der Waals surface area contributed by atoms with E-state index in [9.17, 15) is 9.59 Å². The third kappa shape index (κ3) is 6.91. The Labute approximate surface area is 130 Å². The SMILES string of the molecule is CCCC(CC(=O)O)NC(=O)NCCc1ccc(Br)s1. The molecule has 1 aromatic rings. The van der Waals surface area contributed by atoms with Gasteiger partial charge in [-0.25, -0.2) is 4.79 Å². The molecule has 0 saturated carbocycles. The fraction of sp³-hybridized carbons (Fsp3) is 0.538. The maximum absolute atomic E-state index is 11.7. The van der Waals surface area contributed by atoms with Crippen LogP contribution in [0.3, 0.4) is 0 Å². The summed E-state index contributed by atoms with van der Waals surface area (Å²) in [5, 5.41) is 14.2. The first-order valence-corrected chi connectivity index (χ1v) is 8.12. The summed E-state index contributed by atoms with van der Waals surface area (Å²) in [6, 6.07) is 3.37. The summed E-state index contributed by atoms with van der Waals surface area (Å²) in [5.41, 5.74) is 0. The monoisotopic (exact) mass is 362 g/mol. The van der Waals surface area contributed by atoms with Gasteiger partial charge in [0, 0.05) is 17.5 Å². The normalized spacial score (nSPS) is 11.9. The fourth-order valence-electron chi connectivity index (χ4n) is 1.81. The third-order valence-electron chi connectivity index (χ3n) is 2.68. The lowest BCUT2D eigenvalue weighted by Crippen LogP contribution is -2.43. The number of rotatable bonds is 8. The topological polar surface area (TPSA) is 78.4 Å². The molecule has 0 aliphatic heterocycles. The highest BCUT2D eigenvalue weighted by Crippen LogP contribution is 2.21. The number of carboxylic acids is 1. The lowest BCUT2D eigenvalue weighted by molar-refractivity contribution is -0.137. The van der Waals surface area contributed by atoms with Gasteiger partial charge in [-0.1, -0.05) is 13.3 Å². The second kappa shape index (κ2) is 8.97. The van der Waals surface area contributed by atoms with E-state index in [2.05, 4.69) is 26.6 Å². The maximum Gasteiger partial charge on any atom is 0.315 e. The Morgan fingerprint density at radius 1 is 1.45 bits per heavy atom. The molecule has 0 fully saturated rings. The Bertz CT molecular complexity index is 451. The number of urea groups is 1. The van der Waals surface area contributed by atoms with E-state index in [-0.39, 0.29) is 18.5 Å². The van der Waals surface area contributed by atoms with Crippen LogP contribution in [-0.2, 0) is 11.2 Å². The molecule has 1 aromatic heterocycles. The minimum Gasteiger partial charge on any atom is -0.481 e. The van der Waals surface area contributed by atoms with Crippen LogP contribution in [0, 0.1) is 0 Å². The number of carboxylic acid groups (broad SMARTS) is 1. The van der Waals surface area contributed by atoms with Crippen molar-refractivity contribution >= 4 is 39.3 Å². The number of hydrogen-bond acceptors (Lipinski definition) is 3. The molecule has 1 heterocycles. The molecular weight excluding hydrogens is 344 g/mol.